The second-order valence-corrected chi connectivity index (χ2v) is 12.6. The predicted molar refractivity (Wildman–Crippen MR) is 164 cm³/mol. The van der Waals surface area contributed by atoms with Gasteiger partial charge in [-0.3, -0.25) is 8.63 Å². The highest BCUT2D eigenvalue weighted by Gasteiger charge is 2.19. The van der Waals surface area contributed by atoms with Gasteiger partial charge in [-0.2, -0.15) is 0 Å². The highest BCUT2D eigenvalue weighted by atomic mass is 32.1. The summed E-state index contributed by atoms with van der Waals surface area (Å²) in [5, 5.41) is 5.21. The Morgan fingerprint density at radius 1 is 0.875 bits per heavy atom. The van der Waals surface area contributed by atoms with Gasteiger partial charge in [-0.05, 0) is 64.9 Å². The Kier molecular flexibility index (Phi) is 7.62. The summed E-state index contributed by atoms with van der Waals surface area (Å²) in [6.45, 7) is 0. The first-order valence-electron chi connectivity index (χ1n) is 11.9. The normalized spacial score (nSPS) is 13.2. The average molecular weight is 604 g/mol. The van der Waals surface area contributed by atoms with Crippen molar-refractivity contribution in [3.63, 3.8) is 0 Å². The first kappa shape index (κ1) is 26.6. The van der Waals surface area contributed by atoms with Gasteiger partial charge in [-0.15, -0.1) is 45.3 Å². The highest BCUT2D eigenvalue weighted by molar-refractivity contribution is 7.25. The number of hydrogen-bond donors (Lipinski definition) is 1. The van der Waals surface area contributed by atoms with E-state index in [-0.39, 0.29) is 5.97 Å². The van der Waals surface area contributed by atoms with Crippen molar-refractivity contribution >= 4 is 81.0 Å². The molecule has 0 saturated heterocycles. The van der Waals surface area contributed by atoms with E-state index in [0.29, 0.717) is 5.56 Å². The first-order valence-corrected chi connectivity index (χ1v) is 15.3. The van der Waals surface area contributed by atoms with Crippen LogP contribution in [0.25, 0.3) is 41.4 Å². The number of fused-ring (bicyclic) bond motifs is 2. The van der Waals surface area contributed by atoms with Gasteiger partial charge in [0.25, 0.3) is 0 Å². The number of allylic oxidation sites excluding steroid dienone is 1. The minimum Gasteiger partial charge on any atom is -0.465 e. The molecule has 0 amide bonds. The van der Waals surface area contributed by atoms with Gasteiger partial charge in [0.05, 0.1) is 44.2 Å². The standard InChI is InChI=1S/C29H18N2O2S4.BF2/c1-33-29(32)17-8-6-16(7-9-17)28(20-14-24-18(30-20)12-26(36-24)22-4-2-10-34-22)21-15-25-19(31-21)13-27(37-25)23-5-3-11-35-23;2-1-3/h2-15,30H,1H3;/b28-21-;. The SMILES string of the molecule is COC(=O)c1ccc(/C(=C2\C=c3sc(-c4cccs4)cc3=N2)c2cc3sc(-c4cccs4)cc3[nH]2)cc1.F[B]F. The van der Waals surface area contributed by atoms with E-state index in [1.54, 1.807) is 45.3 Å². The van der Waals surface area contributed by atoms with Gasteiger partial charge in [-0.1, -0.05) is 24.3 Å². The zero-order valence-corrected chi connectivity index (χ0v) is 24.1. The van der Waals surface area contributed by atoms with Gasteiger partial charge in [0.1, 0.15) is 0 Å². The molecule has 0 fully saturated rings. The second kappa shape index (κ2) is 11.5. The molecule has 4 nitrogen and oxygen atoms in total. The lowest BCUT2D eigenvalue weighted by atomic mass is 9.99. The van der Waals surface area contributed by atoms with Crippen molar-refractivity contribution in [2.45, 2.75) is 0 Å². The molecule has 0 saturated carbocycles. The van der Waals surface area contributed by atoms with Gasteiger partial charge >= 0.3 is 13.8 Å². The van der Waals surface area contributed by atoms with Gasteiger partial charge in [0.15, 0.2) is 0 Å². The number of esters is 1. The molecule has 40 heavy (non-hydrogen) atoms. The number of aromatic nitrogens is 1. The van der Waals surface area contributed by atoms with Gasteiger partial charge in [0.2, 0.25) is 0 Å². The number of hydrogen-bond acceptors (Lipinski definition) is 7. The molecule has 6 heterocycles. The quantitative estimate of drug-likeness (QED) is 0.161. The number of rotatable bonds is 5. The van der Waals surface area contributed by atoms with E-state index in [9.17, 15) is 13.4 Å². The summed E-state index contributed by atoms with van der Waals surface area (Å²) >= 11 is 7.05. The van der Waals surface area contributed by atoms with Crippen LogP contribution in [0, 0.1) is 0 Å². The van der Waals surface area contributed by atoms with E-state index in [4.69, 9.17) is 9.73 Å². The number of carbonyl (C=O) groups is 1. The molecule has 1 aliphatic rings. The number of nitrogens with zero attached hydrogens (tertiary/aromatic N) is 1. The fourth-order valence-electron chi connectivity index (χ4n) is 4.47. The Hall–Kier alpha value is -3.64. The maximum absolute atomic E-state index is 12.0. The molecule has 0 aliphatic carbocycles. The van der Waals surface area contributed by atoms with Crippen LogP contribution >= 0.6 is 45.3 Å². The third-order valence-corrected chi connectivity index (χ3v) is 10.5. The molecule has 6 aromatic rings. The van der Waals surface area contributed by atoms with Crippen LogP contribution in [0.3, 0.4) is 0 Å². The third-order valence-electron chi connectivity index (χ3n) is 6.20. The molecule has 7 rings (SSSR count). The zero-order chi connectivity index (χ0) is 27.6. The van der Waals surface area contributed by atoms with Crippen LogP contribution in [0.2, 0.25) is 0 Å². The Balaban J connectivity index is 0.000000925. The van der Waals surface area contributed by atoms with Crippen molar-refractivity contribution in [1.82, 2.24) is 4.98 Å². The van der Waals surface area contributed by atoms with Crippen molar-refractivity contribution in [2.75, 3.05) is 7.11 Å². The van der Waals surface area contributed by atoms with Crippen molar-refractivity contribution < 1.29 is 18.2 Å². The number of carbonyl (C=O) groups excluding carboxylic acids is 1. The molecule has 11 heteroatoms. The summed E-state index contributed by atoms with van der Waals surface area (Å²) in [6.07, 6.45) is 2.17. The van der Waals surface area contributed by atoms with Crippen LogP contribution in [-0.4, -0.2) is 25.9 Å². The third kappa shape index (κ3) is 5.13. The molecule has 1 aromatic carbocycles. The van der Waals surface area contributed by atoms with Gasteiger partial charge < -0.3 is 9.72 Å². The lowest BCUT2D eigenvalue weighted by Gasteiger charge is -2.09. The Morgan fingerprint density at radius 2 is 1.52 bits per heavy atom. The number of benzene rings is 1. The topological polar surface area (TPSA) is 54.4 Å². The van der Waals surface area contributed by atoms with Gasteiger partial charge in [0, 0.05) is 25.1 Å². The fourth-order valence-corrected chi connectivity index (χ4v) is 8.22. The second-order valence-electron chi connectivity index (χ2n) is 8.55. The average Bonchev–Trinajstić information content (AvgIpc) is 3.78. The number of aromatic amines is 1. The maximum atomic E-state index is 12.0. The summed E-state index contributed by atoms with van der Waals surface area (Å²) in [6, 6.07) is 22.6. The molecule has 0 atom stereocenters. The molecule has 1 radical (unpaired) electrons. The highest BCUT2D eigenvalue weighted by Crippen LogP contribution is 2.39. The van der Waals surface area contributed by atoms with Crippen LogP contribution in [0.15, 0.2) is 88.2 Å². The van der Waals surface area contributed by atoms with Crippen molar-refractivity contribution in [3.05, 3.63) is 110 Å². The van der Waals surface area contributed by atoms with Gasteiger partial charge in [-0.25, -0.2) is 9.79 Å². The summed E-state index contributed by atoms with van der Waals surface area (Å²) in [4.78, 5) is 25.8. The molecule has 0 unspecified atom stereocenters. The molecule has 0 spiro atoms. The predicted octanol–water partition coefficient (Wildman–Crippen LogP) is 7.87. The maximum Gasteiger partial charge on any atom is 0.577 e. The number of ether oxygens (including phenoxy) is 1. The molecular weight excluding hydrogens is 585 g/mol. The molecular formula is C29H18BF2N2O2S4. The Bertz CT molecular complexity index is 1880. The smallest absolute Gasteiger partial charge is 0.465 e. The lowest BCUT2D eigenvalue weighted by molar-refractivity contribution is 0.0600. The molecule has 1 aliphatic heterocycles. The van der Waals surface area contributed by atoms with E-state index in [2.05, 4.69) is 64.3 Å². The minimum atomic E-state index is -1.00. The van der Waals surface area contributed by atoms with Crippen LogP contribution in [0.1, 0.15) is 21.6 Å². The molecule has 0 bridgehead atoms. The zero-order valence-electron chi connectivity index (χ0n) is 20.8. The van der Waals surface area contributed by atoms with E-state index in [1.165, 1.54) is 31.3 Å². The number of methoxy groups -OCH3 is 1. The molecule has 1 N–H and O–H groups in total. The first-order chi connectivity index (χ1) is 19.6. The number of nitrogens with one attached hydrogen (secondary N) is 1. The largest absolute Gasteiger partial charge is 0.577 e. The van der Waals surface area contributed by atoms with Crippen LogP contribution in [-0.2, 0) is 4.74 Å². The molecule has 5 aromatic heterocycles. The van der Waals surface area contributed by atoms with Crippen LogP contribution < -0.4 is 9.89 Å². The van der Waals surface area contributed by atoms with Crippen LogP contribution in [0.4, 0.5) is 8.63 Å². The summed E-state index contributed by atoms with van der Waals surface area (Å²) < 4.78 is 26.3. The summed E-state index contributed by atoms with van der Waals surface area (Å²) in [5.41, 5.74) is 5.56. The lowest BCUT2D eigenvalue weighted by Crippen LogP contribution is -2.12. The summed E-state index contributed by atoms with van der Waals surface area (Å²) in [7, 11) is 0.398. The van der Waals surface area contributed by atoms with E-state index in [0.717, 1.165) is 37.9 Å². The monoisotopic (exact) mass is 603 g/mol. The Morgan fingerprint density at radius 3 is 2.10 bits per heavy atom. The van der Waals surface area contributed by atoms with Crippen molar-refractivity contribution in [1.29, 1.82) is 0 Å². The molecule has 197 valence electrons. The minimum absolute atomic E-state index is 0.345. The van der Waals surface area contributed by atoms with Crippen molar-refractivity contribution in [3.8, 4) is 19.5 Å². The Labute approximate surface area is 244 Å². The number of thiophene rings is 4. The summed E-state index contributed by atoms with van der Waals surface area (Å²) in [5.74, 6) is -0.345. The van der Waals surface area contributed by atoms with Crippen molar-refractivity contribution in [2.24, 2.45) is 4.99 Å². The number of halogens is 2. The van der Waals surface area contributed by atoms with E-state index >= 15 is 0 Å². The van der Waals surface area contributed by atoms with Crippen LogP contribution in [0.5, 0.6) is 0 Å². The number of H-pyrrole nitrogens is 1. The van der Waals surface area contributed by atoms with E-state index in [1.807, 2.05) is 24.3 Å². The fraction of sp³-hybridized carbons (Fsp3) is 0.0345. The van der Waals surface area contributed by atoms with E-state index < -0.39 is 7.83 Å².